The summed E-state index contributed by atoms with van der Waals surface area (Å²) in [6, 6.07) is 0. The SMILES string of the molecule is CCC1(C(=O)O)CCN(CCCOCC(F)(F)F)CC1. The largest absolute Gasteiger partial charge is 0.481 e. The summed E-state index contributed by atoms with van der Waals surface area (Å²) in [4.78, 5) is 13.4. The van der Waals surface area contributed by atoms with E-state index < -0.39 is 24.2 Å². The van der Waals surface area contributed by atoms with Gasteiger partial charge in [-0.2, -0.15) is 13.2 Å². The van der Waals surface area contributed by atoms with Crippen LogP contribution in [-0.4, -0.2) is 55.0 Å². The molecule has 0 amide bonds. The van der Waals surface area contributed by atoms with E-state index in [1.807, 2.05) is 6.92 Å². The Morgan fingerprint density at radius 2 is 1.95 bits per heavy atom. The van der Waals surface area contributed by atoms with Crippen LogP contribution in [0.3, 0.4) is 0 Å². The highest BCUT2D eigenvalue weighted by Crippen LogP contribution is 2.35. The quantitative estimate of drug-likeness (QED) is 0.734. The third kappa shape index (κ3) is 5.28. The van der Waals surface area contributed by atoms with Crippen molar-refractivity contribution in [3.8, 4) is 0 Å². The smallest absolute Gasteiger partial charge is 0.411 e. The second-order valence-electron chi connectivity index (χ2n) is 5.30. The van der Waals surface area contributed by atoms with E-state index in [-0.39, 0.29) is 6.61 Å². The molecule has 0 aromatic carbocycles. The summed E-state index contributed by atoms with van der Waals surface area (Å²) < 4.78 is 40.1. The van der Waals surface area contributed by atoms with Gasteiger partial charge in [0.2, 0.25) is 0 Å². The number of carbonyl (C=O) groups is 1. The highest BCUT2D eigenvalue weighted by atomic mass is 19.4. The van der Waals surface area contributed by atoms with E-state index in [2.05, 4.69) is 9.64 Å². The number of likely N-dealkylation sites (tertiary alicyclic amines) is 1. The monoisotopic (exact) mass is 297 g/mol. The molecule has 1 aliphatic heterocycles. The summed E-state index contributed by atoms with van der Waals surface area (Å²) in [5.41, 5.74) is -0.622. The van der Waals surface area contributed by atoms with Crippen LogP contribution >= 0.6 is 0 Å². The Hall–Kier alpha value is -0.820. The van der Waals surface area contributed by atoms with Crippen LogP contribution in [0.1, 0.15) is 32.6 Å². The van der Waals surface area contributed by atoms with Crippen LogP contribution in [0.2, 0.25) is 0 Å². The summed E-state index contributed by atoms with van der Waals surface area (Å²) >= 11 is 0. The maximum atomic E-state index is 11.8. The van der Waals surface area contributed by atoms with Crippen molar-refractivity contribution in [1.82, 2.24) is 4.90 Å². The predicted octanol–water partition coefficient (Wildman–Crippen LogP) is 2.53. The highest BCUT2D eigenvalue weighted by Gasteiger charge is 2.39. The standard InChI is InChI=1S/C13H22F3NO3/c1-2-12(11(18)19)4-7-17(8-5-12)6-3-9-20-10-13(14,15)16/h2-10H2,1H3,(H,18,19). The van der Waals surface area contributed by atoms with Gasteiger partial charge in [0.25, 0.3) is 0 Å². The molecule has 0 unspecified atom stereocenters. The number of ether oxygens (including phenoxy) is 1. The zero-order valence-electron chi connectivity index (χ0n) is 11.7. The van der Waals surface area contributed by atoms with Crippen molar-refractivity contribution in [3.05, 3.63) is 0 Å². The Morgan fingerprint density at radius 3 is 2.40 bits per heavy atom. The Morgan fingerprint density at radius 1 is 1.35 bits per heavy atom. The molecule has 1 aliphatic rings. The number of halogens is 3. The molecule has 1 fully saturated rings. The number of rotatable bonds is 7. The lowest BCUT2D eigenvalue weighted by Crippen LogP contribution is -2.44. The molecule has 1 rings (SSSR count). The molecule has 1 heterocycles. The van der Waals surface area contributed by atoms with Gasteiger partial charge >= 0.3 is 12.1 Å². The number of hydrogen-bond donors (Lipinski definition) is 1. The van der Waals surface area contributed by atoms with Crippen molar-refractivity contribution in [2.45, 2.75) is 38.8 Å². The van der Waals surface area contributed by atoms with Gasteiger partial charge in [0.05, 0.1) is 5.41 Å². The van der Waals surface area contributed by atoms with Gasteiger partial charge in [-0.1, -0.05) is 6.92 Å². The normalized spacial score (nSPS) is 20.0. The lowest BCUT2D eigenvalue weighted by molar-refractivity contribution is -0.174. The molecule has 0 aromatic rings. The minimum absolute atomic E-state index is 0.0772. The van der Waals surface area contributed by atoms with Crippen LogP contribution in [0.15, 0.2) is 0 Å². The first kappa shape index (κ1) is 17.2. The third-order valence-electron chi connectivity index (χ3n) is 3.97. The fourth-order valence-electron chi connectivity index (χ4n) is 2.50. The van der Waals surface area contributed by atoms with Crippen LogP contribution < -0.4 is 0 Å². The number of piperidine rings is 1. The summed E-state index contributed by atoms with van der Waals surface area (Å²) in [7, 11) is 0. The van der Waals surface area contributed by atoms with Crippen molar-refractivity contribution < 1.29 is 27.8 Å². The Bertz CT molecular complexity index is 312. The minimum Gasteiger partial charge on any atom is -0.481 e. The maximum Gasteiger partial charge on any atom is 0.411 e. The molecular weight excluding hydrogens is 275 g/mol. The molecule has 7 heteroatoms. The van der Waals surface area contributed by atoms with Gasteiger partial charge in [0, 0.05) is 13.2 Å². The van der Waals surface area contributed by atoms with Crippen molar-refractivity contribution in [3.63, 3.8) is 0 Å². The first-order valence-corrected chi connectivity index (χ1v) is 6.89. The molecule has 20 heavy (non-hydrogen) atoms. The summed E-state index contributed by atoms with van der Waals surface area (Å²) in [6.45, 7) is 2.77. The summed E-state index contributed by atoms with van der Waals surface area (Å²) in [5, 5.41) is 9.25. The number of alkyl halides is 3. The van der Waals surface area contributed by atoms with E-state index >= 15 is 0 Å². The molecule has 0 bridgehead atoms. The van der Waals surface area contributed by atoms with Crippen LogP contribution in [0.5, 0.6) is 0 Å². The maximum absolute atomic E-state index is 11.8. The zero-order chi connectivity index (χ0) is 15.2. The molecule has 0 radical (unpaired) electrons. The molecular formula is C13H22F3NO3. The van der Waals surface area contributed by atoms with Crippen molar-refractivity contribution in [2.75, 3.05) is 32.8 Å². The van der Waals surface area contributed by atoms with Crippen LogP contribution in [0.4, 0.5) is 13.2 Å². The van der Waals surface area contributed by atoms with Crippen LogP contribution in [0.25, 0.3) is 0 Å². The molecule has 0 aliphatic carbocycles. The molecule has 1 N–H and O–H groups in total. The molecule has 0 spiro atoms. The van der Waals surface area contributed by atoms with Crippen molar-refractivity contribution in [1.29, 1.82) is 0 Å². The van der Waals surface area contributed by atoms with Gasteiger partial charge in [0.1, 0.15) is 6.61 Å². The lowest BCUT2D eigenvalue weighted by atomic mass is 9.76. The van der Waals surface area contributed by atoms with Gasteiger partial charge in [-0.3, -0.25) is 4.79 Å². The lowest BCUT2D eigenvalue weighted by Gasteiger charge is -2.38. The van der Waals surface area contributed by atoms with Crippen LogP contribution in [0, 0.1) is 5.41 Å². The van der Waals surface area contributed by atoms with E-state index in [1.165, 1.54) is 0 Å². The molecule has 118 valence electrons. The van der Waals surface area contributed by atoms with Gasteiger partial charge in [0.15, 0.2) is 0 Å². The Labute approximate surface area is 116 Å². The minimum atomic E-state index is -4.27. The molecule has 4 nitrogen and oxygen atoms in total. The number of aliphatic carboxylic acids is 1. The molecule has 0 saturated carbocycles. The molecule has 0 atom stereocenters. The van der Waals surface area contributed by atoms with Crippen LogP contribution in [-0.2, 0) is 9.53 Å². The van der Waals surface area contributed by atoms with Gasteiger partial charge in [-0.05, 0) is 38.8 Å². The second kappa shape index (κ2) is 7.26. The van der Waals surface area contributed by atoms with E-state index in [9.17, 15) is 23.1 Å². The van der Waals surface area contributed by atoms with Crippen molar-refractivity contribution >= 4 is 5.97 Å². The fourth-order valence-corrected chi connectivity index (χ4v) is 2.50. The summed E-state index contributed by atoms with van der Waals surface area (Å²) in [5.74, 6) is -0.742. The highest BCUT2D eigenvalue weighted by molar-refractivity contribution is 5.74. The van der Waals surface area contributed by atoms with E-state index in [0.29, 0.717) is 45.3 Å². The van der Waals surface area contributed by atoms with Crippen molar-refractivity contribution in [2.24, 2.45) is 5.41 Å². The zero-order valence-corrected chi connectivity index (χ0v) is 11.7. The fraction of sp³-hybridized carbons (Fsp3) is 0.923. The Kier molecular flexibility index (Phi) is 6.26. The van der Waals surface area contributed by atoms with Gasteiger partial charge in [-0.25, -0.2) is 0 Å². The second-order valence-corrected chi connectivity index (χ2v) is 5.30. The average molecular weight is 297 g/mol. The first-order valence-electron chi connectivity index (χ1n) is 6.89. The first-order chi connectivity index (χ1) is 9.29. The van der Waals surface area contributed by atoms with E-state index in [4.69, 9.17) is 0 Å². The van der Waals surface area contributed by atoms with E-state index in [0.717, 1.165) is 0 Å². The number of carboxylic acids is 1. The van der Waals surface area contributed by atoms with Gasteiger partial charge in [-0.15, -0.1) is 0 Å². The number of hydrogen-bond acceptors (Lipinski definition) is 3. The molecule has 1 saturated heterocycles. The number of nitrogens with zero attached hydrogens (tertiary/aromatic N) is 1. The average Bonchev–Trinajstić information content (AvgIpc) is 2.37. The predicted molar refractivity (Wildman–Crippen MR) is 67.5 cm³/mol. The topological polar surface area (TPSA) is 49.8 Å². The summed E-state index contributed by atoms with van der Waals surface area (Å²) in [6.07, 6.45) is -1.93. The third-order valence-corrected chi connectivity index (χ3v) is 3.97. The Balaban J connectivity index is 2.18. The van der Waals surface area contributed by atoms with Gasteiger partial charge < -0.3 is 14.7 Å². The van der Waals surface area contributed by atoms with E-state index in [1.54, 1.807) is 0 Å². The number of carboxylic acid groups (broad SMARTS) is 1. The molecule has 0 aromatic heterocycles.